The Bertz CT molecular complexity index is 149. The molecule has 1 rings (SSSR count). The van der Waals surface area contributed by atoms with Gasteiger partial charge in [0.1, 0.15) is 5.38 Å². The molecule has 0 radical (unpaired) electrons. The zero-order valence-corrected chi connectivity index (χ0v) is 5.09. The molecule has 0 aromatic carbocycles. The number of halogens is 1. The second-order valence-electron chi connectivity index (χ2n) is 1.40. The number of rotatable bonds is 1. The topological polar surface area (TPSA) is 38.9 Å². The third-order valence-corrected chi connectivity index (χ3v) is 0.905. The monoisotopic (exact) mass is 132 g/mol. The van der Waals surface area contributed by atoms with Crippen molar-refractivity contribution in [3.05, 3.63) is 12.2 Å². The molecule has 3 nitrogen and oxygen atoms in total. The van der Waals surface area contributed by atoms with Crippen LogP contribution in [0.1, 0.15) is 18.2 Å². The molecule has 1 unspecified atom stereocenters. The van der Waals surface area contributed by atoms with Crippen LogP contribution in [-0.2, 0) is 0 Å². The highest BCUT2D eigenvalue weighted by Crippen LogP contribution is 2.14. The van der Waals surface area contributed by atoms with Crippen molar-refractivity contribution >= 4 is 11.6 Å². The lowest BCUT2D eigenvalue weighted by molar-refractivity contribution is 0.378. The predicted molar refractivity (Wildman–Crippen MR) is 28.6 cm³/mol. The van der Waals surface area contributed by atoms with Gasteiger partial charge in [-0.1, -0.05) is 5.16 Å². The zero-order valence-electron chi connectivity index (χ0n) is 4.34. The first-order valence-corrected chi connectivity index (χ1v) is 2.65. The highest BCUT2D eigenvalue weighted by Gasteiger charge is 2.04. The van der Waals surface area contributed by atoms with Crippen LogP contribution in [-0.4, -0.2) is 10.1 Å². The Balaban J connectivity index is 2.77. The van der Waals surface area contributed by atoms with Crippen molar-refractivity contribution in [2.24, 2.45) is 0 Å². The van der Waals surface area contributed by atoms with Crippen molar-refractivity contribution in [3.63, 3.8) is 0 Å². The average Bonchev–Trinajstić information content (AvgIpc) is 2.12. The molecule has 4 heteroatoms. The summed E-state index contributed by atoms with van der Waals surface area (Å²) in [5.41, 5.74) is 0. The third kappa shape index (κ3) is 0.980. The van der Waals surface area contributed by atoms with Crippen LogP contribution in [0.25, 0.3) is 0 Å². The van der Waals surface area contributed by atoms with Crippen molar-refractivity contribution in [1.29, 1.82) is 0 Å². The van der Waals surface area contributed by atoms with Gasteiger partial charge in [-0.2, -0.15) is 4.98 Å². The molecule has 0 aliphatic carbocycles. The van der Waals surface area contributed by atoms with E-state index in [1.165, 1.54) is 6.33 Å². The predicted octanol–water partition coefficient (Wildman–Crippen LogP) is 1.37. The third-order valence-electron chi connectivity index (χ3n) is 0.719. The Morgan fingerprint density at radius 1 is 1.88 bits per heavy atom. The second kappa shape index (κ2) is 2.13. The average molecular weight is 133 g/mol. The second-order valence-corrected chi connectivity index (χ2v) is 2.05. The van der Waals surface area contributed by atoms with E-state index in [1.807, 2.05) is 0 Å². The first-order chi connectivity index (χ1) is 3.80. The molecule has 0 saturated carbocycles. The molecule has 0 saturated heterocycles. The van der Waals surface area contributed by atoms with Gasteiger partial charge in [-0.25, -0.2) is 0 Å². The Hall–Kier alpha value is -0.570. The Morgan fingerprint density at radius 3 is 2.88 bits per heavy atom. The first kappa shape index (κ1) is 5.56. The molecule has 44 valence electrons. The first-order valence-electron chi connectivity index (χ1n) is 2.21. The van der Waals surface area contributed by atoms with Gasteiger partial charge in [0.2, 0.25) is 5.89 Å². The van der Waals surface area contributed by atoms with E-state index in [-0.39, 0.29) is 5.38 Å². The standard InChI is InChI=1S/C4H5ClN2O/c1-3(5)4-6-2-7-8-4/h2-3H,1H3. The summed E-state index contributed by atoms with van der Waals surface area (Å²) in [6.45, 7) is 1.77. The van der Waals surface area contributed by atoms with E-state index in [4.69, 9.17) is 11.6 Å². The van der Waals surface area contributed by atoms with Gasteiger partial charge in [-0.3, -0.25) is 0 Å². The van der Waals surface area contributed by atoms with Crippen LogP contribution in [0.15, 0.2) is 10.9 Å². The molecule has 0 N–H and O–H groups in total. The number of nitrogens with zero attached hydrogens (tertiary/aromatic N) is 2. The van der Waals surface area contributed by atoms with Crippen LogP contribution >= 0.6 is 11.6 Å². The van der Waals surface area contributed by atoms with E-state index in [1.54, 1.807) is 6.92 Å². The van der Waals surface area contributed by atoms with Gasteiger partial charge < -0.3 is 4.52 Å². The minimum absolute atomic E-state index is 0.183. The molecular weight excluding hydrogens is 128 g/mol. The lowest BCUT2D eigenvalue weighted by Gasteiger charge is -1.88. The van der Waals surface area contributed by atoms with E-state index < -0.39 is 0 Å². The lowest BCUT2D eigenvalue weighted by atomic mass is 10.5. The van der Waals surface area contributed by atoms with Crippen LogP contribution < -0.4 is 0 Å². The molecule has 8 heavy (non-hydrogen) atoms. The minimum Gasteiger partial charge on any atom is -0.338 e. The quantitative estimate of drug-likeness (QED) is 0.542. The van der Waals surface area contributed by atoms with Gasteiger partial charge in [-0.15, -0.1) is 11.6 Å². The minimum atomic E-state index is -0.183. The summed E-state index contributed by atoms with van der Waals surface area (Å²) in [5, 5.41) is 3.19. The van der Waals surface area contributed by atoms with Gasteiger partial charge >= 0.3 is 0 Å². The lowest BCUT2D eigenvalue weighted by Crippen LogP contribution is -1.80. The molecule has 0 aliphatic rings. The van der Waals surface area contributed by atoms with E-state index >= 15 is 0 Å². The molecule has 0 amide bonds. The van der Waals surface area contributed by atoms with Crippen LogP contribution in [0.4, 0.5) is 0 Å². The van der Waals surface area contributed by atoms with E-state index in [9.17, 15) is 0 Å². The van der Waals surface area contributed by atoms with Crippen molar-refractivity contribution in [2.75, 3.05) is 0 Å². The Kier molecular flexibility index (Phi) is 1.48. The van der Waals surface area contributed by atoms with E-state index in [0.29, 0.717) is 5.89 Å². The molecule has 0 bridgehead atoms. The summed E-state index contributed by atoms with van der Waals surface area (Å²) in [6, 6.07) is 0. The highest BCUT2D eigenvalue weighted by molar-refractivity contribution is 6.20. The van der Waals surface area contributed by atoms with Gasteiger partial charge in [0.15, 0.2) is 6.33 Å². The van der Waals surface area contributed by atoms with Crippen molar-refractivity contribution in [2.45, 2.75) is 12.3 Å². The summed E-state index contributed by atoms with van der Waals surface area (Å²) in [6.07, 6.45) is 1.33. The molecule has 1 aromatic heterocycles. The largest absolute Gasteiger partial charge is 0.338 e. The molecule has 0 fully saturated rings. The summed E-state index contributed by atoms with van der Waals surface area (Å²) >= 11 is 5.55. The summed E-state index contributed by atoms with van der Waals surface area (Å²) in [4.78, 5) is 3.71. The van der Waals surface area contributed by atoms with Gasteiger partial charge in [0, 0.05) is 0 Å². The Morgan fingerprint density at radius 2 is 2.62 bits per heavy atom. The summed E-state index contributed by atoms with van der Waals surface area (Å²) in [7, 11) is 0. The number of hydrogen-bond donors (Lipinski definition) is 0. The van der Waals surface area contributed by atoms with Crippen LogP contribution in [0.5, 0.6) is 0 Å². The number of alkyl halides is 1. The summed E-state index contributed by atoms with van der Waals surface area (Å²) < 4.78 is 4.60. The zero-order chi connectivity index (χ0) is 5.98. The van der Waals surface area contributed by atoms with Crippen LogP contribution in [0, 0.1) is 0 Å². The Labute approximate surface area is 51.6 Å². The van der Waals surface area contributed by atoms with Crippen LogP contribution in [0.3, 0.4) is 0 Å². The SMILES string of the molecule is CC(Cl)c1ncno1. The fourth-order valence-corrected chi connectivity index (χ4v) is 0.453. The van der Waals surface area contributed by atoms with E-state index in [2.05, 4.69) is 14.7 Å². The highest BCUT2D eigenvalue weighted by atomic mass is 35.5. The fraction of sp³-hybridized carbons (Fsp3) is 0.500. The molecule has 1 aromatic rings. The smallest absolute Gasteiger partial charge is 0.244 e. The molecule has 0 spiro atoms. The maximum atomic E-state index is 5.55. The van der Waals surface area contributed by atoms with Gasteiger partial charge in [0.05, 0.1) is 0 Å². The van der Waals surface area contributed by atoms with Crippen molar-refractivity contribution < 1.29 is 4.52 Å². The van der Waals surface area contributed by atoms with Crippen molar-refractivity contribution in [3.8, 4) is 0 Å². The molecule has 0 aliphatic heterocycles. The number of aromatic nitrogens is 2. The maximum absolute atomic E-state index is 5.55. The molecule has 1 heterocycles. The fourth-order valence-electron chi connectivity index (χ4n) is 0.357. The molecule has 1 atom stereocenters. The summed E-state index contributed by atoms with van der Waals surface area (Å²) in [5.74, 6) is 0.465. The maximum Gasteiger partial charge on any atom is 0.244 e. The normalized spacial score (nSPS) is 13.8. The van der Waals surface area contributed by atoms with E-state index in [0.717, 1.165) is 0 Å². The number of hydrogen-bond acceptors (Lipinski definition) is 3. The van der Waals surface area contributed by atoms with Crippen LogP contribution in [0.2, 0.25) is 0 Å². The molecular formula is C4H5ClN2O. The van der Waals surface area contributed by atoms with Gasteiger partial charge in [-0.05, 0) is 6.92 Å². The van der Waals surface area contributed by atoms with Crippen molar-refractivity contribution in [1.82, 2.24) is 10.1 Å². The van der Waals surface area contributed by atoms with Gasteiger partial charge in [0.25, 0.3) is 0 Å².